The fourth-order valence-electron chi connectivity index (χ4n) is 1.93. The van der Waals surface area contributed by atoms with Crippen molar-refractivity contribution in [2.24, 2.45) is 0 Å². The summed E-state index contributed by atoms with van der Waals surface area (Å²) in [6, 6.07) is 3.01. The van der Waals surface area contributed by atoms with Gasteiger partial charge in [0.25, 0.3) is 0 Å². The number of anilines is 2. The molecular formula is C14H13N5O2. The van der Waals surface area contributed by atoms with Crippen molar-refractivity contribution in [3.8, 4) is 0 Å². The highest BCUT2D eigenvalue weighted by molar-refractivity contribution is 5.90. The molecule has 7 heteroatoms. The Labute approximate surface area is 123 Å². The Morgan fingerprint density at radius 2 is 1.48 bits per heavy atom. The van der Waals surface area contributed by atoms with Crippen molar-refractivity contribution in [3.05, 3.63) is 55.8 Å². The third-order valence-electron chi connectivity index (χ3n) is 2.95. The van der Waals surface area contributed by atoms with E-state index in [9.17, 15) is 9.90 Å². The molecular weight excluding hydrogens is 270 g/mol. The minimum Gasteiger partial charge on any atom is -0.478 e. The number of aromatic nitrogens is 1. The summed E-state index contributed by atoms with van der Waals surface area (Å²) in [6.07, 6.45) is 7.13. The third-order valence-corrected chi connectivity index (χ3v) is 2.95. The summed E-state index contributed by atoms with van der Waals surface area (Å²) in [7, 11) is 3.66. The monoisotopic (exact) mass is 283 g/mol. The first kappa shape index (κ1) is 13.3. The van der Waals surface area contributed by atoms with Gasteiger partial charge in [-0.1, -0.05) is 0 Å². The minimum absolute atomic E-state index is 0.157. The number of pyridine rings is 1. The molecule has 0 unspecified atom stereocenters. The van der Waals surface area contributed by atoms with Crippen LogP contribution in [0.25, 0.3) is 0 Å². The predicted octanol–water partition coefficient (Wildman–Crippen LogP) is 1.22. The highest BCUT2D eigenvalue weighted by atomic mass is 16.4. The van der Waals surface area contributed by atoms with E-state index in [0.717, 1.165) is 0 Å². The molecule has 106 valence electrons. The van der Waals surface area contributed by atoms with Crippen LogP contribution in [0.4, 0.5) is 11.6 Å². The molecule has 0 saturated carbocycles. The van der Waals surface area contributed by atoms with Crippen LogP contribution in [0, 0.1) is 13.3 Å². The second-order valence-corrected chi connectivity index (χ2v) is 4.64. The Kier molecular flexibility index (Phi) is 3.17. The van der Waals surface area contributed by atoms with E-state index in [1.54, 1.807) is 44.4 Å². The maximum Gasteiger partial charge on any atom is 0.335 e. The summed E-state index contributed by atoms with van der Waals surface area (Å²) in [4.78, 5) is 22.5. The van der Waals surface area contributed by atoms with Crippen LogP contribution in [-0.2, 0) is 0 Å². The Balaban J connectivity index is 1.96. The van der Waals surface area contributed by atoms with Crippen LogP contribution < -0.4 is 9.80 Å². The molecule has 7 nitrogen and oxygen atoms in total. The van der Waals surface area contributed by atoms with Crippen molar-refractivity contribution in [1.82, 2.24) is 14.8 Å². The summed E-state index contributed by atoms with van der Waals surface area (Å²) >= 11 is 0. The average molecular weight is 283 g/mol. The van der Waals surface area contributed by atoms with Gasteiger partial charge in [0.2, 0.25) is 13.3 Å². The fraction of sp³-hybridized carbons (Fsp3) is 0.143. The van der Waals surface area contributed by atoms with Gasteiger partial charge in [0, 0.05) is 38.9 Å². The van der Waals surface area contributed by atoms with Crippen molar-refractivity contribution < 1.29 is 9.90 Å². The normalized spacial score (nSPS) is 17.2. The number of hydrogen-bond acceptors (Lipinski definition) is 6. The van der Waals surface area contributed by atoms with Gasteiger partial charge >= 0.3 is 5.97 Å². The first-order valence-corrected chi connectivity index (χ1v) is 6.22. The number of carboxylic acids is 1. The molecule has 2 aliphatic rings. The van der Waals surface area contributed by atoms with Gasteiger partial charge in [-0.3, -0.25) is 9.80 Å². The molecule has 0 saturated heterocycles. The first-order chi connectivity index (χ1) is 10.0. The van der Waals surface area contributed by atoms with E-state index in [1.165, 1.54) is 12.1 Å². The molecule has 4 radical (unpaired) electrons. The van der Waals surface area contributed by atoms with E-state index in [0.29, 0.717) is 11.6 Å². The van der Waals surface area contributed by atoms with E-state index in [-0.39, 0.29) is 5.56 Å². The van der Waals surface area contributed by atoms with Gasteiger partial charge in [0.1, 0.15) is 11.6 Å². The van der Waals surface area contributed by atoms with E-state index in [1.807, 2.05) is 14.1 Å². The zero-order valence-electron chi connectivity index (χ0n) is 11.6. The van der Waals surface area contributed by atoms with Crippen LogP contribution in [0.3, 0.4) is 0 Å². The van der Waals surface area contributed by atoms with Gasteiger partial charge in [-0.25, -0.2) is 9.78 Å². The zero-order valence-corrected chi connectivity index (χ0v) is 11.6. The number of rotatable bonds is 3. The summed E-state index contributed by atoms with van der Waals surface area (Å²) in [6.45, 7) is 5.99. The van der Waals surface area contributed by atoms with Gasteiger partial charge in [0.15, 0.2) is 0 Å². The number of carboxylic acid groups (broad SMARTS) is 1. The first-order valence-electron chi connectivity index (χ1n) is 6.22. The lowest BCUT2D eigenvalue weighted by atomic mass is 10.2. The summed E-state index contributed by atoms with van der Waals surface area (Å²) in [5.41, 5.74) is 0.157. The molecule has 3 rings (SSSR count). The standard InChI is InChI=1S/C14H13N5O2/c1-16-3-5-18(9-16)12-7-11(14(20)21)8-13(15-12)19-6-4-17(2)10-19/h3-8H,1-2H3,(H,20,21). The SMILES string of the molecule is CN1[C]N(c2cc(C(=O)O)cc(N3[C]N(C)C=C3)n2)C=C1. The lowest BCUT2D eigenvalue weighted by Gasteiger charge is -2.20. The van der Waals surface area contributed by atoms with E-state index < -0.39 is 5.97 Å². The maximum absolute atomic E-state index is 11.3. The largest absolute Gasteiger partial charge is 0.478 e. The maximum atomic E-state index is 11.3. The smallest absolute Gasteiger partial charge is 0.335 e. The van der Waals surface area contributed by atoms with Crippen LogP contribution in [0.5, 0.6) is 0 Å². The Hall–Kier alpha value is -2.70. The lowest BCUT2D eigenvalue weighted by Crippen LogP contribution is -2.20. The van der Waals surface area contributed by atoms with Crippen molar-refractivity contribution in [2.45, 2.75) is 0 Å². The minimum atomic E-state index is -1.01. The quantitative estimate of drug-likeness (QED) is 0.894. The Bertz CT molecular complexity index is 584. The summed E-state index contributed by atoms with van der Waals surface area (Å²) < 4.78 is 0. The van der Waals surface area contributed by atoms with Crippen molar-refractivity contribution in [2.75, 3.05) is 23.9 Å². The van der Waals surface area contributed by atoms with Crippen LogP contribution in [0.2, 0.25) is 0 Å². The van der Waals surface area contributed by atoms with Crippen molar-refractivity contribution in [1.29, 1.82) is 0 Å². The Morgan fingerprint density at radius 1 is 1.00 bits per heavy atom. The van der Waals surface area contributed by atoms with Crippen LogP contribution in [0.1, 0.15) is 10.4 Å². The molecule has 0 fully saturated rings. The second-order valence-electron chi connectivity index (χ2n) is 4.64. The van der Waals surface area contributed by atoms with Crippen LogP contribution in [0.15, 0.2) is 36.9 Å². The van der Waals surface area contributed by atoms with E-state index in [4.69, 9.17) is 0 Å². The molecule has 0 aromatic carbocycles. The molecule has 1 aromatic rings. The van der Waals surface area contributed by atoms with Crippen LogP contribution in [-0.4, -0.2) is 40.0 Å². The van der Waals surface area contributed by atoms with Gasteiger partial charge in [-0.2, -0.15) is 0 Å². The summed E-state index contributed by atoms with van der Waals surface area (Å²) in [5.74, 6) is -0.0431. The third kappa shape index (κ3) is 2.62. The lowest BCUT2D eigenvalue weighted by molar-refractivity contribution is 0.0697. The van der Waals surface area contributed by atoms with Crippen molar-refractivity contribution in [3.63, 3.8) is 0 Å². The predicted molar refractivity (Wildman–Crippen MR) is 76.4 cm³/mol. The number of aromatic carboxylic acids is 1. The topological polar surface area (TPSA) is 63.2 Å². The second kappa shape index (κ2) is 5.01. The molecule has 0 amide bonds. The average Bonchev–Trinajstić information content (AvgIpc) is 3.07. The molecule has 0 atom stereocenters. The van der Waals surface area contributed by atoms with E-state index >= 15 is 0 Å². The molecule has 0 spiro atoms. The number of carbonyl (C=O) groups is 1. The molecule has 21 heavy (non-hydrogen) atoms. The van der Waals surface area contributed by atoms with Gasteiger partial charge in [-0.15, -0.1) is 0 Å². The molecule has 0 bridgehead atoms. The fourth-order valence-corrected chi connectivity index (χ4v) is 1.93. The molecule has 2 aliphatic heterocycles. The van der Waals surface area contributed by atoms with Gasteiger partial charge in [-0.05, 0) is 12.1 Å². The molecule has 3 heterocycles. The highest BCUT2D eigenvalue weighted by Gasteiger charge is 2.21. The number of nitrogens with zero attached hydrogens (tertiary/aromatic N) is 5. The molecule has 1 N–H and O–H groups in total. The number of hydrogen-bond donors (Lipinski definition) is 1. The van der Waals surface area contributed by atoms with Gasteiger partial charge in [0.05, 0.1) is 5.56 Å². The zero-order chi connectivity index (χ0) is 15.0. The highest BCUT2D eigenvalue weighted by Crippen LogP contribution is 2.27. The van der Waals surface area contributed by atoms with Gasteiger partial charge < -0.3 is 14.9 Å². The Morgan fingerprint density at radius 3 is 1.81 bits per heavy atom. The van der Waals surface area contributed by atoms with Crippen LogP contribution >= 0.6 is 0 Å². The molecule has 0 aliphatic carbocycles. The molecule has 1 aromatic heterocycles. The summed E-state index contributed by atoms with van der Waals surface area (Å²) in [5, 5.41) is 9.26. The van der Waals surface area contributed by atoms with E-state index in [2.05, 4.69) is 18.3 Å². The van der Waals surface area contributed by atoms with Crippen molar-refractivity contribution >= 4 is 17.6 Å².